The smallest absolute Gasteiger partial charge is 0.195 e. The van der Waals surface area contributed by atoms with Crippen LogP contribution >= 0.6 is 0 Å². The van der Waals surface area contributed by atoms with Crippen LogP contribution in [0, 0.1) is 0 Å². The first kappa shape index (κ1) is 18.1. The first-order valence-electron chi connectivity index (χ1n) is 7.94. The van der Waals surface area contributed by atoms with Gasteiger partial charge in [-0.25, -0.2) is 0 Å². The minimum absolute atomic E-state index is 0.265. The van der Waals surface area contributed by atoms with Crippen molar-refractivity contribution in [2.45, 2.75) is 84.0 Å². The van der Waals surface area contributed by atoms with Crippen molar-refractivity contribution >= 4 is 12.1 Å². The van der Waals surface area contributed by atoms with Gasteiger partial charge in [0.05, 0.1) is 0 Å². The molecular weight excluding hydrogens is 236 g/mol. The molecule has 2 nitrogen and oxygen atoms in total. The minimum Gasteiger partial charge on any atom is -0.295 e. The van der Waals surface area contributed by atoms with Gasteiger partial charge in [-0.2, -0.15) is 0 Å². The molecule has 0 radical (unpaired) electrons. The molecule has 19 heavy (non-hydrogen) atoms. The number of rotatable bonds is 14. The third-order valence-corrected chi connectivity index (χ3v) is 3.32. The topological polar surface area (TPSA) is 34.1 Å². The zero-order chi connectivity index (χ0) is 14.2. The Morgan fingerprint density at radius 1 is 0.789 bits per heavy atom. The molecule has 0 aromatic heterocycles. The molecule has 0 aromatic rings. The number of aldehydes is 1. The Labute approximate surface area is 118 Å². The van der Waals surface area contributed by atoms with Crippen LogP contribution in [0.15, 0.2) is 12.2 Å². The van der Waals surface area contributed by atoms with Crippen molar-refractivity contribution in [1.29, 1.82) is 0 Å². The fourth-order valence-electron chi connectivity index (χ4n) is 2.08. The molecule has 0 unspecified atom stereocenters. The second-order valence-electron chi connectivity index (χ2n) is 5.21. The average Bonchev–Trinajstić information content (AvgIpc) is 2.43. The van der Waals surface area contributed by atoms with Crippen LogP contribution in [-0.2, 0) is 9.59 Å². The van der Waals surface area contributed by atoms with E-state index in [4.69, 9.17) is 0 Å². The van der Waals surface area contributed by atoms with Crippen LogP contribution in [0.3, 0.4) is 0 Å². The van der Waals surface area contributed by atoms with Crippen molar-refractivity contribution in [2.24, 2.45) is 0 Å². The van der Waals surface area contributed by atoms with Crippen LogP contribution in [-0.4, -0.2) is 12.1 Å². The van der Waals surface area contributed by atoms with Crippen LogP contribution in [0.4, 0.5) is 0 Å². The summed E-state index contributed by atoms with van der Waals surface area (Å²) in [6.45, 7) is 2.25. The first-order chi connectivity index (χ1) is 9.31. The lowest BCUT2D eigenvalue weighted by Gasteiger charge is -1.98. The quantitative estimate of drug-likeness (QED) is 0.192. The number of unbranched alkanes of at least 4 members (excludes halogenated alkanes) is 9. The Kier molecular flexibility index (Phi) is 14.4. The van der Waals surface area contributed by atoms with Crippen molar-refractivity contribution in [3.05, 3.63) is 12.2 Å². The molecule has 0 aliphatic carbocycles. The van der Waals surface area contributed by atoms with E-state index >= 15 is 0 Å². The third kappa shape index (κ3) is 15.0. The van der Waals surface area contributed by atoms with Gasteiger partial charge in [0.15, 0.2) is 12.1 Å². The first-order valence-corrected chi connectivity index (χ1v) is 7.94. The van der Waals surface area contributed by atoms with E-state index in [-0.39, 0.29) is 5.78 Å². The monoisotopic (exact) mass is 266 g/mol. The summed E-state index contributed by atoms with van der Waals surface area (Å²) in [7, 11) is 0. The Hall–Kier alpha value is -0.920. The summed E-state index contributed by atoms with van der Waals surface area (Å²) in [5.41, 5.74) is 0. The van der Waals surface area contributed by atoms with Crippen molar-refractivity contribution in [3.63, 3.8) is 0 Å². The van der Waals surface area contributed by atoms with E-state index in [2.05, 4.69) is 19.1 Å². The highest BCUT2D eigenvalue weighted by Gasteiger charge is 1.97. The fourth-order valence-corrected chi connectivity index (χ4v) is 2.08. The van der Waals surface area contributed by atoms with E-state index < -0.39 is 0 Å². The molecule has 110 valence electrons. The molecule has 2 heteroatoms. The number of allylic oxidation sites excluding steroid dienone is 2. The van der Waals surface area contributed by atoms with Gasteiger partial charge < -0.3 is 0 Å². The maximum Gasteiger partial charge on any atom is 0.195 e. The van der Waals surface area contributed by atoms with Crippen LogP contribution < -0.4 is 0 Å². The summed E-state index contributed by atoms with van der Waals surface area (Å²) < 4.78 is 0. The van der Waals surface area contributed by atoms with Crippen LogP contribution in [0.2, 0.25) is 0 Å². The summed E-state index contributed by atoms with van der Waals surface area (Å²) in [6, 6.07) is 0. The SMILES string of the molecule is CCCCCCCCC=CCCCCCC(=O)C=O. The molecule has 0 N–H and O–H groups in total. The van der Waals surface area contributed by atoms with Crippen LogP contribution in [0.25, 0.3) is 0 Å². The molecule has 0 bridgehead atoms. The van der Waals surface area contributed by atoms with Gasteiger partial charge in [-0.1, -0.05) is 57.6 Å². The highest BCUT2D eigenvalue weighted by atomic mass is 16.2. The zero-order valence-electron chi connectivity index (χ0n) is 12.5. The largest absolute Gasteiger partial charge is 0.295 e. The molecule has 0 fully saturated rings. The molecule has 0 saturated carbocycles. The summed E-state index contributed by atoms with van der Waals surface area (Å²) in [5, 5.41) is 0. The lowest BCUT2D eigenvalue weighted by molar-refractivity contribution is -0.129. The van der Waals surface area contributed by atoms with E-state index in [0.29, 0.717) is 12.7 Å². The normalized spacial score (nSPS) is 11.0. The van der Waals surface area contributed by atoms with Gasteiger partial charge in [-0.05, 0) is 32.1 Å². The lowest BCUT2D eigenvalue weighted by atomic mass is 10.1. The Morgan fingerprint density at radius 3 is 1.89 bits per heavy atom. The minimum atomic E-state index is -0.265. The van der Waals surface area contributed by atoms with Crippen molar-refractivity contribution < 1.29 is 9.59 Å². The molecule has 0 rings (SSSR count). The van der Waals surface area contributed by atoms with E-state index in [1.54, 1.807) is 0 Å². The summed E-state index contributed by atoms with van der Waals surface area (Å²) in [6.07, 6.45) is 18.9. The van der Waals surface area contributed by atoms with Gasteiger partial charge in [0.25, 0.3) is 0 Å². The fraction of sp³-hybridized carbons (Fsp3) is 0.765. The highest BCUT2D eigenvalue weighted by Crippen LogP contribution is 2.08. The maximum atomic E-state index is 10.7. The average molecular weight is 266 g/mol. The van der Waals surface area contributed by atoms with Crippen LogP contribution in [0.1, 0.15) is 84.0 Å². The summed E-state index contributed by atoms with van der Waals surface area (Å²) >= 11 is 0. The van der Waals surface area contributed by atoms with E-state index in [9.17, 15) is 9.59 Å². The molecule has 0 heterocycles. The number of ketones is 1. The molecule has 0 aromatic carbocycles. The van der Waals surface area contributed by atoms with Gasteiger partial charge >= 0.3 is 0 Å². The van der Waals surface area contributed by atoms with Crippen LogP contribution in [0.5, 0.6) is 0 Å². The molecule has 0 aliphatic heterocycles. The predicted octanol–water partition coefficient (Wildman–Crippen LogP) is 5.01. The lowest BCUT2D eigenvalue weighted by Crippen LogP contribution is -1.97. The molecular formula is C17H30O2. The molecule has 0 aliphatic rings. The summed E-state index contributed by atoms with van der Waals surface area (Å²) in [5.74, 6) is -0.265. The van der Waals surface area contributed by atoms with Gasteiger partial charge in [0, 0.05) is 6.42 Å². The van der Waals surface area contributed by atoms with Crippen molar-refractivity contribution in [3.8, 4) is 0 Å². The Morgan fingerprint density at radius 2 is 1.32 bits per heavy atom. The second kappa shape index (κ2) is 15.1. The number of carbonyl (C=O) groups is 2. The molecule has 0 atom stereocenters. The van der Waals surface area contributed by atoms with Crippen molar-refractivity contribution in [1.82, 2.24) is 0 Å². The van der Waals surface area contributed by atoms with E-state index in [0.717, 1.165) is 25.7 Å². The van der Waals surface area contributed by atoms with Gasteiger partial charge in [0.2, 0.25) is 0 Å². The zero-order valence-corrected chi connectivity index (χ0v) is 12.5. The number of hydrogen-bond donors (Lipinski definition) is 0. The Bertz CT molecular complexity index is 244. The van der Waals surface area contributed by atoms with Gasteiger partial charge in [0.1, 0.15) is 0 Å². The maximum absolute atomic E-state index is 10.7. The third-order valence-electron chi connectivity index (χ3n) is 3.32. The van der Waals surface area contributed by atoms with Gasteiger partial charge in [-0.15, -0.1) is 0 Å². The standard InChI is InChI=1S/C17H30O2/c1-2-3-4-5-6-7-8-9-10-11-12-13-14-15-17(19)16-18/h9-10,16H,2-8,11-15H2,1H3. The highest BCUT2D eigenvalue weighted by molar-refractivity contribution is 6.24. The second-order valence-corrected chi connectivity index (χ2v) is 5.21. The molecule has 0 spiro atoms. The Balaban J connectivity index is 3.13. The summed E-state index contributed by atoms with van der Waals surface area (Å²) in [4.78, 5) is 20.8. The number of Topliss-reactive ketones (excluding diaryl/α,β-unsaturated/α-hetero) is 1. The molecule has 0 amide bonds. The number of carbonyl (C=O) groups excluding carboxylic acids is 2. The molecule has 0 saturated heterocycles. The predicted molar refractivity (Wildman–Crippen MR) is 81.3 cm³/mol. The van der Waals surface area contributed by atoms with E-state index in [1.807, 2.05) is 0 Å². The number of hydrogen-bond acceptors (Lipinski definition) is 2. The van der Waals surface area contributed by atoms with Crippen molar-refractivity contribution in [2.75, 3.05) is 0 Å². The van der Waals surface area contributed by atoms with Gasteiger partial charge in [-0.3, -0.25) is 9.59 Å². The van der Waals surface area contributed by atoms with E-state index in [1.165, 1.54) is 44.9 Å².